The molecular formula is C18H29ClN2O2. The van der Waals surface area contributed by atoms with Crippen LogP contribution in [0.1, 0.15) is 31.2 Å². The number of para-hydroxylation sites is 1. The summed E-state index contributed by atoms with van der Waals surface area (Å²) in [5, 5.41) is 3.36. The standard InChI is InChI=1S/C18H28N2O2.ClH/c1-15-5-3-4-6-17(15)22-14-13-20(2)18(21)8-7-16-9-11-19-12-10-16;/h3-6,16,19H,7-14H2,1-2H3;1H. The van der Waals surface area contributed by atoms with E-state index in [1.54, 1.807) is 4.90 Å². The van der Waals surface area contributed by atoms with Gasteiger partial charge >= 0.3 is 0 Å². The van der Waals surface area contributed by atoms with E-state index < -0.39 is 0 Å². The molecule has 1 aromatic rings. The highest BCUT2D eigenvalue weighted by Crippen LogP contribution is 2.18. The lowest BCUT2D eigenvalue weighted by molar-refractivity contribution is -0.130. The summed E-state index contributed by atoms with van der Waals surface area (Å²) in [4.78, 5) is 13.9. The summed E-state index contributed by atoms with van der Waals surface area (Å²) >= 11 is 0. The molecule has 1 aliphatic heterocycles. The highest BCUT2D eigenvalue weighted by atomic mass is 35.5. The molecule has 1 fully saturated rings. The third kappa shape index (κ3) is 6.80. The number of nitrogens with one attached hydrogen (secondary N) is 1. The Labute approximate surface area is 146 Å². The second kappa shape index (κ2) is 10.5. The van der Waals surface area contributed by atoms with Crippen LogP contribution >= 0.6 is 12.4 Å². The van der Waals surface area contributed by atoms with Crippen molar-refractivity contribution >= 4 is 18.3 Å². The Morgan fingerprint density at radius 3 is 2.70 bits per heavy atom. The zero-order valence-electron chi connectivity index (χ0n) is 14.2. The maximum absolute atomic E-state index is 12.1. The van der Waals surface area contributed by atoms with Crippen LogP contribution in [0.2, 0.25) is 0 Å². The van der Waals surface area contributed by atoms with Crippen molar-refractivity contribution in [2.45, 2.75) is 32.6 Å². The SMILES string of the molecule is Cc1ccccc1OCCN(C)C(=O)CCC1CCNCC1.Cl. The van der Waals surface area contributed by atoms with Gasteiger partial charge < -0.3 is 15.0 Å². The van der Waals surface area contributed by atoms with Gasteiger partial charge in [0.1, 0.15) is 12.4 Å². The van der Waals surface area contributed by atoms with Gasteiger partial charge in [-0.15, -0.1) is 12.4 Å². The molecule has 0 unspecified atom stereocenters. The Morgan fingerprint density at radius 1 is 1.30 bits per heavy atom. The number of carbonyl (C=O) groups is 1. The molecule has 1 aliphatic rings. The molecule has 0 aromatic heterocycles. The minimum Gasteiger partial charge on any atom is -0.491 e. The van der Waals surface area contributed by atoms with Gasteiger partial charge in [-0.1, -0.05) is 18.2 Å². The van der Waals surface area contributed by atoms with Crippen LogP contribution in [-0.2, 0) is 4.79 Å². The predicted octanol–water partition coefficient (Wildman–Crippen LogP) is 3.03. The quantitative estimate of drug-likeness (QED) is 0.829. The van der Waals surface area contributed by atoms with Crippen LogP contribution in [0.3, 0.4) is 0 Å². The van der Waals surface area contributed by atoms with Gasteiger partial charge in [-0.05, 0) is 56.8 Å². The molecular weight excluding hydrogens is 312 g/mol. The molecule has 2 rings (SSSR count). The molecule has 0 saturated carbocycles. The molecule has 0 radical (unpaired) electrons. The van der Waals surface area contributed by atoms with E-state index in [9.17, 15) is 4.79 Å². The number of nitrogens with zero attached hydrogens (tertiary/aromatic N) is 1. The number of hydrogen-bond donors (Lipinski definition) is 1. The minimum atomic E-state index is 0. The molecule has 0 atom stereocenters. The normalized spacial score (nSPS) is 14.9. The lowest BCUT2D eigenvalue weighted by Gasteiger charge is -2.23. The Kier molecular flexibility index (Phi) is 9.03. The fourth-order valence-corrected chi connectivity index (χ4v) is 2.82. The van der Waals surface area contributed by atoms with Crippen molar-refractivity contribution in [3.63, 3.8) is 0 Å². The van der Waals surface area contributed by atoms with Gasteiger partial charge in [-0.25, -0.2) is 0 Å². The van der Waals surface area contributed by atoms with E-state index in [-0.39, 0.29) is 18.3 Å². The number of benzene rings is 1. The number of rotatable bonds is 7. The van der Waals surface area contributed by atoms with Crippen LogP contribution in [0, 0.1) is 12.8 Å². The number of carbonyl (C=O) groups excluding carboxylic acids is 1. The van der Waals surface area contributed by atoms with Crippen LogP contribution in [0.15, 0.2) is 24.3 Å². The van der Waals surface area contributed by atoms with Crippen molar-refractivity contribution < 1.29 is 9.53 Å². The van der Waals surface area contributed by atoms with Gasteiger partial charge in [-0.3, -0.25) is 4.79 Å². The number of ether oxygens (including phenoxy) is 1. The molecule has 23 heavy (non-hydrogen) atoms. The largest absolute Gasteiger partial charge is 0.491 e. The maximum atomic E-state index is 12.1. The van der Waals surface area contributed by atoms with Gasteiger partial charge in [0.25, 0.3) is 0 Å². The molecule has 5 heteroatoms. The lowest BCUT2D eigenvalue weighted by atomic mass is 9.93. The van der Waals surface area contributed by atoms with Crippen LogP contribution in [0.25, 0.3) is 0 Å². The van der Waals surface area contributed by atoms with Crippen molar-refractivity contribution in [3.8, 4) is 5.75 Å². The Balaban J connectivity index is 0.00000264. The van der Waals surface area contributed by atoms with Crippen LogP contribution in [-0.4, -0.2) is 44.1 Å². The molecule has 0 bridgehead atoms. The zero-order chi connectivity index (χ0) is 15.8. The minimum absolute atomic E-state index is 0. The zero-order valence-corrected chi connectivity index (χ0v) is 15.0. The number of piperidine rings is 1. The third-order valence-corrected chi connectivity index (χ3v) is 4.43. The lowest BCUT2D eigenvalue weighted by Crippen LogP contribution is -2.32. The average molecular weight is 341 g/mol. The average Bonchev–Trinajstić information content (AvgIpc) is 2.55. The molecule has 1 N–H and O–H groups in total. The van der Waals surface area contributed by atoms with E-state index in [1.807, 2.05) is 38.2 Å². The summed E-state index contributed by atoms with van der Waals surface area (Å²) in [6.45, 7) is 5.40. The smallest absolute Gasteiger partial charge is 0.222 e. The van der Waals surface area contributed by atoms with Gasteiger partial charge in [0.2, 0.25) is 5.91 Å². The summed E-state index contributed by atoms with van der Waals surface area (Å²) in [6, 6.07) is 7.96. The molecule has 4 nitrogen and oxygen atoms in total. The van der Waals surface area contributed by atoms with Crippen molar-refractivity contribution in [2.24, 2.45) is 5.92 Å². The summed E-state index contributed by atoms with van der Waals surface area (Å²) < 4.78 is 5.75. The number of halogens is 1. The van der Waals surface area contributed by atoms with E-state index >= 15 is 0 Å². The molecule has 1 aromatic carbocycles. The van der Waals surface area contributed by atoms with E-state index in [0.29, 0.717) is 25.5 Å². The first-order chi connectivity index (χ1) is 10.7. The van der Waals surface area contributed by atoms with Crippen molar-refractivity contribution in [1.82, 2.24) is 10.2 Å². The second-order valence-electron chi connectivity index (χ2n) is 6.16. The topological polar surface area (TPSA) is 41.6 Å². The van der Waals surface area contributed by atoms with E-state index in [0.717, 1.165) is 30.8 Å². The number of amides is 1. The van der Waals surface area contributed by atoms with Crippen LogP contribution in [0.5, 0.6) is 5.75 Å². The molecule has 1 saturated heterocycles. The summed E-state index contributed by atoms with van der Waals surface area (Å²) in [5.41, 5.74) is 1.13. The highest BCUT2D eigenvalue weighted by Gasteiger charge is 2.16. The van der Waals surface area contributed by atoms with Gasteiger partial charge in [-0.2, -0.15) is 0 Å². The first-order valence-electron chi connectivity index (χ1n) is 8.30. The summed E-state index contributed by atoms with van der Waals surface area (Å²) in [5.74, 6) is 1.84. The maximum Gasteiger partial charge on any atom is 0.222 e. The van der Waals surface area contributed by atoms with Gasteiger partial charge in [0.05, 0.1) is 6.54 Å². The first kappa shape index (κ1) is 19.8. The Bertz CT molecular complexity index is 476. The van der Waals surface area contributed by atoms with Gasteiger partial charge in [0.15, 0.2) is 0 Å². The van der Waals surface area contributed by atoms with Crippen molar-refractivity contribution in [3.05, 3.63) is 29.8 Å². The van der Waals surface area contributed by atoms with E-state index in [4.69, 9.17) is 4.74 Å². The van der Waals surface area contributed by atoms with Crippen molar-refractivity contribution in [2.75, 3.05) is 33.3 Å². The second-order valence-corrected chi connectivity index (χ2v) is 6.16. The van der Waals surface area contributed by atoms with E-state index in [1.165, 1.54) is 12.8 Å². The van der Waals surface area contributed by atoms with Crippen LogP contribution < -0.4 is 10.1 Å². The van der Waals surface area contributed by atoms with Gasteiger partial charge in [0, 0.05) is 13.5 Å². The number of hydrogen-bond acceptors (Lipinski definition) is 3. The molecule has 130 valence electrons. The van der Waals surface area contributed by atoms with E-state index in [2.05, 4.69) is 5.32 Å². The van der Waals surface area contributed by atoms with Crippen LogP contribution in [0.4, 0.5) is 0 Å². The fraction of sp³-hybridized carbons (Fsp3) is 0.611. The number of likely N-dealkylation sites (N-methyl/N-ethyl adjacent to an activating group) is 1. The first-order valence-corrected chi connectivity index (χ1v) is 8.30. The molecule has 0 aliphatic carbocycles. The Morgan fingerprint density at radius 2 is 2.00 bits per heavy atom. The highest BCUT2D eigenvalue weighted by molar-refractivity contribution is 5.85. The summed E-state index contributed by atoms with van der Waals surface area (Å²) in [6.07, 6.45) is 4.08. The molecule has 1 amide bonds. The van der Waals surface area contributed by atoms with Crippen molar-refractivity contribution in [1.29, 1.82) is 0 Å². The third-order valence-electron chi connectivity index (χ3n) is 4.43. The predicted molar refractivity (Wildman–Crippen MR) is 96.4 cm³/mol. The monoisotopic (exact) mass is 340 g/mol. The summed E-state index contributed by atoms with van der Waals surface area (Å²) in [7, 11) is 1.87. The molecule has 1 heterocycles. The number of aryl methyl sites for hydroxylation is 1. The fourth-order valence-electron chi connectivity index (χ4n) is 2.82. The Hall–Kier alpha value is -1.26. The molecule has 0 spiro atoms.